The summed E-state index contributed by atoms with van der Waals surface area (Å²) in [5.41, 5.74) is 8.15. The van der Waals surface area contributed by atoms with Gasteiger partial charge in [0.25, 0.3) is 5.91 Å². The van der Waals surface area contributed by atoms with Crippen LogP contribution >= 0.6 is 15.9 Å². The largest absolute Gasteiger partial charge is 0.497 e. The predicted octanol–water partition coefficient (Wildman–Crippen LogP) is 5.54. The SMILES string of the molecule is COc1ccc(CNNC(=O)[C@@]2(Cc3ccccc3)N=C(c3ccc(OCCCO)cc3)O[C@H]2c2ccccc2Br)cc1. The zero-order valence-electron chi connectivity index (χ0n) is 23.8. The lowest BCUT2D eigenvalue weighted by molar-refractivity contribution is -0.130. The highest BCUT2D eigenvalue weighted by atomic mass is 79.9. The van der Waals surface area contributed by atoms with E-state index in [2.05, 4.69) is 26.8 Å². The van der Waals surface area contributed by atoms with E-state index < -0.39 is 11.6 Å². The molecule has 0 saturated carbocycles. The Morgan fingerprint density at radius 1 is 0.930 bits per heavy atom. The van der Waals surface area contributed by atoms with E-state index in [4.69, 9.17) is 24.3 Å². The molecule has 4 aromatic carbocycles. The summed E-state index contributed by atoms with van der Waals surface area (Å²) in [6, 6.07) is 32.6. The lowest BCUT2D eigenvalue weighted by Crippen LogP contribution is -2.53. The number of hydrogen-bond donors (Lipinski definition) is 3. The van der Waals surface area contributed by atoms with E-state index in [1.54, 1.807) is 7.11 Å². The van der Waals surface area contributed by atoms with Crippen LogP contribution in [-0.2, 0) is 22.5 Å². The molecule has 222 valence electrons. The number of hydrazine groups is 1. The minimum Gasteiger partial charge on any atom is -0.497 e. The van der Waals surface area contributed by atoms with Gasteiger partial charge < -0.3 is 19.3 Å². The molecule has 0 saturated heterocycles. The molecule has 2 atom stereocenters. The average molecular weight is 645 g/mol. The molecule has 0 aliphatic carbocycles. The Kier molecular flexibility index (Phi) is 10.1. The zero-order chi connectivity index (χ0) is 30.1. The number of halogens is 1. The van der Waals surface area contributed by atoms with E-state index in [0.717, 1.165) is 32.5 Å². The number of aliphatic hydroxyl groups excluding tert-OH is 1. The van der Waals surface area contributed by atoms with Gasteiger partial charge >= 0.3 is 0 Å². The van der Waals surface area contributed by atoms with Gasteiger partial charge in [0, 0.05) is 41.6 Å². The van der Waals surface area contributed by atoms with Crippen LogP contribution in [0.25, 0.3) is 0 Å². The van der Waals surface area contributed by atoms with E-state index in [1.807, 2.05) is 103 Å². The Labute approximate surface area is 259 Å². The maximum absolute atomic E-state index is 14.3. The molecule has 0 aromatic heterocycles. The Bertz CT molecular complexity index is 1530. The molecule has 3 N–H and O–H groups in total. The Hall–Kier alpha value is -4.18. The molecule has 1 aliphatic rings. The zero-order valence-corrected chi connectivity index (χ0v) is 25.4. The van der Waals surface area contributed by atoms with Crippen molar-refractivity contribution in [3.05, 3.63) is 130 Å². The highest BCUT2D eigenvalue weighted by Crippen LogP contribution is 2.44. The van der Waals surface area contributed by atoms with Gasteiger partial charge in [-0.1, -0.05) is 76.6 Å². The van der Waals surface area contributed by atoms with Crippen molar-refractivity contribution in [2.45, 2.75) is 31.0 Å². The van der Waals surface area contributed by atoms with E-state index >= 15 is 0 Å². The van der Waals surface area contributed by atoms with E-state index in [1.165, 1.54) is 0 Å². The van der Waals surface area contributed by atoms with Crippen molar-refractivity contribution in [2.24, 2.45) is 4.99 Å². The van der Waals surface area contributed by atoms with Crippen molar-refractivity contribution in [3.63, 3.8) is 0 Å². The summed E-state index contributed by atoms with van der Waals surface area (Å²) in [5.74, 6) is 1.49. The molecule has 8 nitrogen and oxygen atoms in total. The fourth-order valence-electron chi connectivity index (χ4n) is 4.93. The smallest absolute Gasteiger partial charge is 0.266 e. The Balaban J connectivity index is 1.49. The van der Waals surface area contributed by atoms with Crippen molar-refractivity contribution in [1.29, 1.82) is 0 Å². The molecule has 1 amide bonds. The first-order valence-corrected chi connectivity index (χ1v) is 14.9. The Morgan fingerprint density at radius 3 is 2.33 bits per heavy atom. The van der Waals surface area contributed by atoms with E-state index in [-0.39, 0.29) is 12.5 Å². The summed E-state index contributed by atoms with van der Waals surface area (Å²) in [6.45, 7) is 0.896. The van der Waals surface area contributed by atoms with Crippen LogP contribution in [0.4, 0.5) is 0 Å². The van der Waals surface area contributed by atoms with Crippen LogP contribution in [0.3, 0.4) is 0 Å². The predicted molar refractivity (Wildman–Crippen MR) is 169 cm³/mol. The van der Waals surface area contributed by atoms with Crippen LogP contribution in [0.2, 0.25) is 0 Å². The molecule has 0 bridgehead atoms. The fraction of sp³-hybridized carbons (Fsp3) is 0.235. The standard InChI is InChI=1S/C34H34BrN3O5/c1-41-27-16-12-25(13-17-27)23-36-38-33(40)34(22-24-8-3-2-4-9-24)31(29-10-5-6-11-30(29)35)43-32(37-34)26-14-18-28(19-15-26)42-21-7-20-39/h2-6,8-19,31,36,39H,7,20-23H2,1H3,(H,38,40)/t31-,34-/m0/s1. The van der Waals surface area contributed by atoms with Gasteiger partial charge in [0.15, 0.2) is 11.6 Å². The number of benzene rings is 4. The maximum atomic E-state index is 14.3. The van der Waals surface area contributed by atoms with Crippen LogP contribution in [0.5, 0.6) is 11.5 Å². The van der Waals surface area contributed by atoms with E-state index in [9.17, 15) is 4.79 Å². The minimum absolute atomic E-state index is 0.0691. The molecule has 0 spiro atoms. The molecule has 43 heavy (non-hydrogen) atoms. The first-order valence-electron chi connectivity index (χ1n) is 14.1. The number of methoxy groups -OCH3 is 1. The summed E-state index contributed by atoms with van der Waals surface area (Å²) >= 11 is 3.68. The molecule has 4 aromatic rings. The normalized spacial score (nSPS) is 17.6. The number of nitrogens with zero attached hydrogens (tertiary/aromatic N) is 1. The number of carbonyl (C=O) groups is 1. The van der Waals surface area contributed by atoms with E-state index in [0.29, 0.717) is 37.6 Å². The van der Waals surface area contributed by atoms with Crippen LogP contribution in [0.15, 0.2) is 113 Å². The number of hydrogen-bond acceptors (Lipinski definition) is 7. The molecule has 1 aliphatic heterocycles. The number of carbonyl (C=O) groups excluding carboxylic acids is 1. The molecule has 0 fully saturated rings. The summed E-state index contributed by atoms with van der Waals surface area (Å²) in [5, 5.41) is 9.04. The molecular formula is C34H34BrN3O5. The monoisotopic (exact) mass is 643 g/mol. The number of amides is 1. The first kappa shape index (κ1) is 30.3. The molecule has 0 unspecified atom stereocenters. The number of aliphatic imine (C=N–C) groups is 1. The van der Waals surface area contributed by atoms with Gasteiger partial charge in [-0.3, -0.25) is 10.2 Å². The summed E-state index contributed by atoms with van der Waals surface area (Å²) in [7, 11) is 1.63. The number of nitrogens with one attached hydrogen (secondary N) is 2. The summed E-state index contributed by atoms with van der Waals surface area (Å²) < 4.78 is 18.4. The van der Waals surface area contributed by atoms with Crippen molar-refractivity contribution in [1.82, 2.24) is 10.9 Å². The third-order valence-electron chi connectivity index (χ3n) is 7.19. The van der Waals surface area contributed by atoms with Crippen molar-refractivity contribution in [3.8, 4) is 11.5 Å². The lowest BCUT2D eigenvalue weighted by Gasteiger charge is -2.31. The molecule has 0 radical (unpaired) electrons. The third kappa shape index (κ3) is 7.25. The highest BCUT2D eigenvalue weighted by Gasteiger charge is 2.53. The molecular weight excluding hydrogens is 610 g/mol. The van der Waals surface area contributed by atoms with Gasteiger partial charge in [-0.05, 0) is 53.6 Å². The van der Waals surface area contributed by atoms with Gasteiger partial charge in [-0.2, -0.15) is 0 Å². The van der Waals surface area contributed by atoms with Gasteiger partial charge in [-0.25, -0.2) is 10.4 Å². The quantitative estimate of drug-likeness (QED) is 0.131. The van der Waals surface area contributed by atoms with Crippen LogP contribution in [-0.4, -0.2) is 42.8 Å². The van der Waals surface area contributed by atoms with Crippen LogP contribution in [0, 0.1) is 0 Å². The second kappa shape index (κ2) is 14.3. The fourth-order valence-corrected chi connectivity index (χ4v) is 5.42. The summed E-state index contributed by atoms with van der Waals surface area (Å²) in [4.78, 5) is 19.4. The maximum Gasteiger partial charge on any atom is 0.266 e. The van der Waals surface area contributed by atoms with Gasteiger partial charge in [0.05, 0.1) is 13.7 Å². The molecule has 5 rings (SSSR count). The first-order chi connectivity index (χ1) is 21.0. The van der Waals surface area contributed by atoms with Crippen molar-refractivity contribution >= 4 is 27.7 Å². The average Bonchev–Trinajstić information content (AvgIpc) is 3.42. The highest BCUT2D eigenvalue weighted by molar-refractivity contribution is 9.10. The Morgan fingerprint density at radius 2 is 1.63 bits per heavy atom. The van der Waals surface area contributed by atoms with Gasteiger partial charge in [-0.15, -0.1) is 0 Å². The molecule has 1 heterocycles. The second-order valence-electron chi connectivity index (χ2n) is 10.1. The topological polar surface area (TPSA) is 101 Å². The molecule has 9 heteroatoms. The van der Waals surface area contributed by atoms with Crippen molar-refractivity contribution < 1.29 is 24.1 Å². The van der Waals surface area contributed by atoms with Gasteiger partial charge in [0.1, 0.15) is 11.5 Å². The van der Waals surface area contributed by atoms with Crippen molar-refractivity contribution in [2.75, 3.05) is 20.3 Å². The van der Waals surface area contributed by atoms with Gasteiger partial charge in [0.2, 0.25) is 5.90 Å². The number of aliphatic hydroxyl groups is 1. The number of ether oxygens (including phenoxy) is 3. The lowest BCUT2D eigenvalue weighted by atomic mass is 9.82. The van der Waals surface area contributed by atoms with Crippen LogP contribution < -0.4 is 20.3 Å². The summed E-state index contributed by atoms with van der Waals surface area (Å²) in [6.07, 6.45) is 0.137. The minimum atomic E-state index is -1.33. The third-order valence-corrected chi connectivity index (χ3v) is 7.91. The number of rotatable bonds is 13. The second-order valence-corrected chi connectivity index (χ2v) is 11.0. The van der Waals surface area contributed by atoms with Crippen LogP contribution in [0.1, 0.15) is 34.8 Å².